The van der Waals surface area contributed by atoms with Crippen LogP contribution in [0.2, 0.25) is 0 Å². The van der Waals surface area contributed by atoms with Gasteiger partial charge in [0.05, 0.1) is 28.7 Å². The first-order valence-corrected chi connectivity index (χ1v) is 9.97. The van der Waals surface area contributed by atoms with Crippen LogP contribution in [0, 0.1) is 10.1 Å². The molecule has 0 aromatic heterocycles. The van der Waals surface area contributed by atoms with E-state index in [2.05, 4.69) is 5.32 Å². The summed E-state index contributed by atoms with van der Waals surface area (Å²) in [6.07, 6.45) is 0. The fourth-order valence-corrected chi connectivity index (χ4v) is 3.98. The van der Waals surface area contributed by atoms with Gasteiger partial charge in [0.15, 0.2) is 0 Å². The lowest BCUT2D eigenvalue weighted by molar-refractivity contribution is -0.384. The van der Waals surface area contributed by atoms with E-state index in [9.17, 15) is 14.9 Å². The van der Waals surface area contributed by atoms with E-state index in [1.54, 1.807) is 0 Å². The molecule has 3 aromatic rings. The van der Waals surface area contributed by atoms with Gasteiger partial charge in [0.1, 0.15) is 5.75 Å². The van der Waals surface area contributed by atoms with Gasteiger partial charge in [-0.25, -0.2) is 0 Å². The number of amides is 1. The number of hydrogen-bond donors (Lipinski definition) is 1. The molecule has 148 valence electrons. The average molecular weight is 408 g/mol. The Bertz CT molecular complexity index is 941. The third-order valence-electron chi connectivity index (χ3n) is 4.25. The van der Waals surface area contributed by atoms with Gasteiger partial charge in [-0.2, -0.15) is 0 Å². The molecule has 0 aliphatic heterocycles. The Hall–Kier alpha value is -3.32. The Labute approximate surface area is 173 Å². The minimum Gasteiger partial charge on any atom is -0.495 e. The number of benzene rings is 3. The standard InChI is InChI=1S/C22H20N2O4S/c1-28-20-13-12-18(24(26)27)14-19(20)23-21(25)15-29-22(16-8-4-2-5-9-16)17-10-6-3-7-11-17/h2-14,22H,15H2,1H3,(H,23,25). The van der Waals surface area contributed by atoms with Crippen LogP contribution in [0.25, 0.3) is 0 Å². The SMILES string of the molecule is COc1ccc([N+](=O)[O-])cc1NC(=O)CSC(c1ccccc1)c1ccccc1. The lowest BCUT2D eigenvalue weighted by atomic mass is 10.0. The Morgan fingerprint density at radius 1 is 1.03 bits per heavy atom. The number of methoxy groups -OCH3 is 1. The second-order valence-corrected chi connectivity index (χ2v) is 7.30. The highest BCUT2D eigenvalue weighted by Gasteiger charge is 2.18. The molecule has 0 spiro atoms. The summed E-state index contributed by atoms with van der Waals surface area (Å²) in [7, 11) is 1.45. The normalized spacial score (nSPS) is 10.6. The summed E-state index contributed by atoms with van der Waals surface area (Å²) in [6, 6.07) is 24.0. The third kappa shape index (κ3) is 5.36. The van der Waals surface area contributed by atoms with Crippen LogP contribution in [-0.4, -0.2) is 23.7 Å². The van der Waals surface area contributed by atoms with Crippen molar-refractivity contribution in [3.63, 3.8) is 0 Å². The Kier molecular flexibility index (Phi) is 6.86. The van der Waals surface area contributed by atoms with E-state index in [-0.39, 0.29) is 28.3 Å². The molecular formula is C22H20N2O4S. The molecule has 0 bridgehead atoms. The smallest absolute Gasteiger partial charge is 0.271 e. The Morgan fingerprint density at radius 3 is 2.14 bits per heavy atom. The molecule has 0 atom stereocenters. The van der Waals surface area contributed by atoms with Gasteiger partial charge in [-0.15, -0.1) is 11.8 Å². The number of anilines is 1. The summed E-state index contributed by atoms with van der Waals surface area (Å²) >= 11 is 1.49. The van der Waals surface area contributed by atoms with Gasteiger partial charge in [0.25, 0.3) is 5.69 Å². The van der Waals surface area contributed by atoms with Gasteiger partial charge < -0.3 is 10.1 Å². The average Bonchev–Trinajstić information content (AvgIpc) is 2.75. The first kappa shape index (κ1) is 20.4. The van der Waals surface area contributed by atoms with E-state index >= 15 is 0 Å². The molecule has 3 rings (SSSR count). The number of hydrogen-bond acceptors (Lipinski definition) is 5. The molecule has 3 aromatic carbocycles. The molecule has 29 heavy (non-hydrogen) atoms. The molecule has 1 N–H and O–H groups in total. The highest BCUT2D eigenvalue weighted by atomic mass is 32.2. The van der Waals surface area contributed by atoms with Crippen LogP contribution in [0.3, 0.4) is 0 Å². The number of non-ortho nitro benzene ring substituents is 1. The number of nitrogens with zero attached hydrogens (tertiary/aromatic N) is 1. The first-order valence-electron chi connectivity index (χ1n) is 8.92. The molecule has 1 amide bonds. The number of carbonyl (C=O) groups is 1. The zero-order valence-corrected chi connectivity index (χ0v) is 16.6. The van der Waals surface area contributed by atoms with Crippen molar-refractivity contribution in [2.75, 3.05) is 18.2 Å². The second-order valence-electron chi connectivity index (χ2n) is 6.20. The van der Waals surface area contributed by atoms with Crippen molar-refractivity contribution in [3.05, 3.63) is 100 Å². The van der Waals surface area contributed by atoms with Crippen molar-refractivity contribution in [2.45, 2.75) is 5.25 Å². The molecule has 6 nitrogen and oxygen atoms in total. The first-order chi connectivity index (χ1) is 14.1. The molecule has 0 aliphatic rings. The minimum atomic E-state index is -0.509. The molecule has 0 aliphatic carbocycles. The predicted octanol–water partition coefficient (Wildman–Crippen LogP) is 5.06. The minimum absolute atomic E-state index is 0.00449. The van der Waals surface area contributed by atoms with E-state index in [0.29, 0.717) is 5.75 Å². The summed E-state index contributed by atoms with van der Waals surface area (Å²) in [4.78, 5) is 23.1. The number of nitro groups is 1. The molecule has 7 heteroatoms. The van der Waals surface area contributed by atoms with E-state index in [1.165, 1.54) is 37.1 Å². The number of thioether (sulfide) groups is 1. The van der Waals surface area contributed by atoms with Crippen LogP contribution in [0.15, 0.2) is 78.9 Å². The van der Waals surface area contributed by atoms with Gasteiger partial charge in [-0.3, -0.25) is 14.9 Å². The van der Waals surface area contributed by atoms with Crippen molar-refractivity contribution < 1.29 is 14.5 Å². The van der Waals surface area contributed by atoms with Crippen LogP contribution in [0.1, 0.15) is 16.4 Å². The van der Waals surface area contributed by atoms with E-state index in [1.807, 2.05) is 60.7 Å². The fraction of sp³-hybridized carbons (Fsp3) is 0.136. The zero-order chi connectivity index (χ0) is 20.6. The summed E-state index contributed by atoms with van der Waals surface area (Å²) < 4.78 is 5.20. The van der Waals surface area contributed by atoms with Crippen molar-refractivity contribution in [2.24, 2.45) is 0 Å². The molecule has 0 saturated carbocycles. The monoisotopic (exact) mass is 408 g/mol. The van der Waals surface area contributed by atoms with Crippen LogP contribution in [0.4, 0.5) is 11.4 Å². The van der Waals surface area contributed by atoms with Crippen molar-refractivity contribution in [1.29, 1.82) is 0 Å². The van der Waals surface area contributed by atoms with Crippen LogP contribution >= 0.6 is 11.8 Å². The highest BCUT2D eigenvalue weighted by Crippen LogP contribution is 2.36. The van der Waals surface area contributed by atoms with E-state index < -0.39 is 4.92 Å². The van der Waals surface area contributed by atoms with Gasteiger partial charge in [-0.05, 0) is 17.2 Å². The number of rotatable bonds is 8. The van der Waals surface area contributed by atoms with E-state index in [0.717, 1.165) is 11.1 Å². The maximum absolute atomic E-state index is 12.6. The molecule has 0 unspecified atom stereocenters. The molecule has 0 fully saturated rings. The number of ether oxygens (including phenoxy) is 1. The number of nitro benzene ring substituents is 1. The quantitative estimate of drug-likeness (QED) is 0.416. The lowest BCUT2D eigenvalue weighted by Gasteiger charge is -2.18. The van der Waals surface area contributed by atoms with Crippen molar-refractivity contribution >= 4 is 29.0 Å². The Morgan fingerprint density at radius 2 is 1.62 bits per heavy atom. The van der Waals surface area contributed by atoms with Gasteiger partial charge in [0, 0.05) is 12.1 Å². The Balaban J connectivity index is 1.74. The zero-order valence-electron chi connectivity index (χ0n) is 15.8. The second kappa shape index (κ2) is 9.75. The third-order valence-corrected chi connectivity index (χ3v) is 5.56. The largest absolute Gasteiger partial charge is 0.495 e. The van der Waals surface area contributed by atoms with E-state index in [4.69, 9.17) is 4.74 Å². The number of nitrogens with one attached hydrogen (secondary N) is 1. The van der Waals surface area contributed by atoms with Crippen LogP contribution < -0.4 is 10.1 Å². The molecule has 0 heterocycles. The lowest BCUT2D eigenvalue weighted by Crippen LogP contribution is -2.16. The summed E-state index contributed by atoms with van der Waals surface area (Å²) in [5, 5.41) is 13.7. The topological polar surface area (TPSA) is 81.5 Å². The van der Waals surface area contributed by atoms with Crippen LogP contribution in [0.5, 0.6) is 5.75 Å². The summed E-state index contributed by atoms with van der Waals surface area (Å²) in [5.74, 6) is 0.294. The summed E-state index contributed by atoms with van der Waals surface area (Å²) in [6.45, 7) is 0. The van der Waals surface area contributed by atoms with Gasteiger partial charge in [-0.1, -0.05) is 60.7 Å². The van der Waals surface area contributed by atoms with Crippen LogP contribution in [-0.2, 0) is 4.79 Å². The molecule has 0 radical (unpaired) electrons. The molecular weight excluding hydrogens is 388 g/mol. The maximum Gasteiger partial charge on any atom is 0.271 e. The fourth-order valence-electron chi connectivity index (χ4n) is 2.89. The predicted molar refractivity (Wildman–Crippen MR) is 115 cm³/mol. The molecule has 0 saturated heterocycles. The van der Waals surface area contributed by atoms with Crippen molar-refractivity contribution in [3.8, 4) is 5.75 Å². The number of carbonyl (C=O) groups excluding carboxylic acids is 1. The maximum atomic E-state index is 12.6. The van der Waals surface area contributed by atoms with Gasteiger partial charge in [0.2, 0.25) is 5.91 Å². The van der Waals surface area contributed by atoms with Gasteiger partial charge >= 0.3 is 0 Å². The summed E-state index contributed by atoms with van der Waals surface area (Å²) in [5.41, 5.74) is 2.37. The highest BCUT2D eigenvalue weighted by molar-refractivity contribution is 8.00. The van der Waals surface area contributed by atoms with Crippen molar-refractivity contribution in [1.82, 2.24) is 0 Å².